The number of carbonyl (C=O) groups is 2. The normalized spacial score (nSPS) is 15.7. The van der Waals surface area contributed by atoms with Gasteiger partial charge >= 0.3 is 0 Å². The van der Waals surface area contributed by atoms with E-state index >= 15 is 0 Å². The molecule has 7 heteroatoms. The SMILES string of the molecule is CC(C)c1nccn1CC1CCN(CC(=O)Nc2ccc(C(N)=O)cc2)CC1. The van der Waals surface area contributed by atoms with E-state index in [0.717, 1.165) is 38.3 Å². The number of rotatable bonds is 7. The number of nitrogens with one attached hydrogen (secondary N) is 1. The number of primary amides is 1. The molecule has 150 valence electrons. The van der Waals surface area contributed by atoms with Gasteiger partial charge in [0.15, 0.2) is 0 Å². The number of anilines is 1. The molecule has 0 atom stereocenters. The van der Waals surface area contributed by atoms with E-state index in [4.69, 9.17) is 5.73 Å². The van der Waals surface area contributed by atoms with Crippen molar-refractivity contribution in [2.75, 3.05) is 25.0 Å². The van der Waals surface area contributed by atoms with Crippen molar-refractivity contribution in [3.8, 4) is 0 Å². The maximum absolute atomic E-state index is 12.3. The Hall–Kier alpha value is -2.67. The van der Waals surface area contributed by atoms with Crippen molar-refractivity contribution in [3.05, 3.63) is 48.0 Å². The number of imidazole rings is 1. The van der Waals surface area contributed by atoms with Crippen LogP contribution in [0.5, 0.6) is 0 Å². The first-order chi connectivity index (χ1) is 13.4. The molecule has 1 aromatic carbocycles. The maximum atomic E-state index is 12.3. The summed E-state index contributed by atoms with van der Waals surface area (Å²) in [6, 6.07) is 6.62. The second-order valence-electron chi connectivity index (χ2n) is 7.80. The molecule has 0 spiro atoms. The molecule has 1 aliphatic heterocycles. The molecule has 2 heterocycles. The van der Waals surface area contributed by atoms with Gasteiger partial charge in [-0.3, -0.25) is 14.5 Å². The van der Waals surface area contributed by atoms with Gasteiger partial charge in [0.1, 0.15) is 5.82 Å². The molecule has 3 N–H and O–H groups in total. The number of hydrogen-bond acceptors (Lipinski definition) is 4. The Bertz CT molecular complexity index is 804. The third-order valence-corrected chi connectivity index (χ3v) is 5.25. The molecule has 3 rings (SSSR count). The first kappa shape index (κ1) is 20.1. The number of benzene rings is 1. The Morgan fingerprint density at radius 1 is 1.21 bits per heavy atom. The number of carbonyl (C=O) groups excluding carboxylic acids is 2. The van der Waals surface area contributed by atoms with Crippen molar-refractivity contribution in [2.24, 2.45) is 11.7 Å². The fourth-order valence-corrected chi connectivity index (χ4v) is 3.70. The second kappa shape index (κ2) is 9.01. The summed E-state index contributed by atoms with van der Waals surface area (Å²) >= 11 is 0. The van der Waals surface area contributed by atoms with E-state index in [0.29, 0.717) is 29.6 Å². The summed E-state index contributed by atoms with van der Waals surface area (Å²) in [5.74, 6) is 1.67. The second-order valence-corrected chi connectivity index (χ2v) is 7.80. The minimum Gasteiger partial charge on any atom is -0.366 e. The molecule has 2 aromatic rings. The Balaban J connectivity index is 1.44. The van der Waals surface area contributed by atoms with Crippen LogP contribution in [-0.4, -0.2) is 45.9 Å². The third-order valence-electron chi connectivity index (χ3n) is 5.25. The predicted molar refractivity (Wildman–Crippen MR) is 109 cm³/mol. The van der Waals surface area contributed by atoms with Crippen LogP contribution in [0, 0.1) is 5.92 Å². The van der Waals surface area contributed by atoms with Gasteiger partial charge < -0.3 is 15.6 Å². The van der Waals surface area contributed by atoms with Crippen LogP contribution in [0.4, 0.5) is 5.69 Å². The Morgan fingerprint density at radius 2 is 1.89 bits per heavy atom. The first-order valence-electron chi connectivity index (χ1n) is 9.85. The summed E-state index contributed by atoms with van der Waals surface area (Å²) in [7, 11) is 0. The molecule has 1 fully saturated rings. The number of aromatic nitrogens is 2. The van der Waals surface area contributed by atoms with E-state index < -0.39 is 5.91 Å². The van der Waals surface area contributed by atoms with Gasteiger partial charge in [-0.2, -0.15) is 0 Å². The molecular weight excluding hydrogens is 354 g/mol. The minimum atomic E-state index is -0.475. The molecular formula is C21H29N5O2. The van der Waals surface area contributed by atoms with Gasteiger partial charge in [0.05, 0.1) is 6.54 Å². The summed E-state index contributed by atoms with van der Waals surface area (Å²) < 4.78 is 2.27. The number of nitrogens with zero attached hydrogens (tertiary/aromatic N) is 3. The van der Waals surface area contributed by atoms with Crippen LogP contribution in [0.1, 0.15) is 48.8 Å². The highest BCUT2D eigenvalue weighted by atomic mass is 16.2. The topological polar surface area (TPSA) is 93.2 Å². The zero-order valence-electron chi connectivity index (χ0n) is 16.6. The van der Waals surface area contributed by atoms with E-state index in [2.05, 4.69) is 39.8 Å². The lowest BCUT2D eigenvalue weighted by atomic mass is 9.96. The average Bonchev–Trinajstić information content (AvgIpc) is 3.12. The zero-order valence-corrected chi connectivity index (χ0v) is 16.6. The molecule has 1 saturated heterocycles. The van der Waals surface area contributed by atoms with Crippen molar-refractivity contribution in [2.45, 2.75) is 39.2 Å². The van der Waals surface area contributed by atoms with Gasteiger partial charge in [-0.25, -0.2) is 4.98 Å². The van der Waals surface area contributed by atoms with E-state index in [1.54, 1.807) is 24.3 Å². The van der Waals surface area contributed by atoms with E-state index in [-0.39, 0.29) is 5.91 Å². The molecule has 7 nitrogen and oxygen atoms in total. The lowest BCUT2D eigenvalue weighted by Gasteiger charge is -2.32. The van der Waals surface area contributed by atoms with Gasteiger partial charge in [-0.15, -0.1) is 0 Å². The van der Waals surface area contributed by atoms with Crippen LogP contribution in [0.15, 0.2) is 36.7 Å². The van der Waals surface area contributed by atoms with Crippen LogP contribution < -0.4 is 11.1 Å². The lowest BCUT2D eigenvalue weighted by molar-refractivity contribution is -0.117. The molecule has 1 aliphatic rings. The molecule has 1 aromatic heterocycles. The van der Waals surface area contributed by atoms with Gasteiger partial charge in [0, 0.05) is 36.1 Å². The summed E-state index contributed by atoms with van der Waals surface area (Å²) in [4.78, 5) is 30.1. The average molecular weight is 383 g/mol. The minimum absolute atomic E-state index is 0.0398. The van der Waals surface area contributed by atoms with Crippen LogP contribution in [0.3, 0.4) is 0 Å². The lowest BCUT2D eigenvalue weighted by Crippen LogP contribution is -2.40. The smallest absolute Gasteiger partial charge is 0.248 e. The maximum Gasteiger partial charge on any atom is 0.248 e. The van der Waals surface area contributed by atoms with E-state index in [9.17, 15) is 9.59 Å². The monoisotopic (exact) mass is 383 g/mol. The first-order valence-corrected chi connectivity index (χ1v) is 9.85. The molecule has 2 amide bonds. The Morgan fingerprint density at radius 3 is 2.50 bits per heavy atom. The molecule has 0 unspecified atom stereocenters. The highest BCUT2D eigenvalue weighted by Gasteiger charge is 2.22. The molecule has 0 radical (unpaired) electrons. The van der Waals surface area contributed by atoms with Gasteiger partial charge in [-0.05, 0) is 56.1 Å². The van der Waals surface area contributed by atoms with Gasteiger partial charge in [-0.1, -0.05) is 13.8 Å². The predicted octanol–water partition coefficient (Wildman–Crippen LogP) is 2.46. The highest BCUT2D eigenvalue weighted by molar-refractivity contribution is 5.95. The van der Waals surface area contributed by atoms with Crippen LogP contribution in [-0.2, 0) is 11.3 Å². The standard InChI is InChI=1S/C21H29N5O2/c1-15(2)21-23-9-12-26(21)13-16-7-10-25(11-8-16)14-19(27)24-18-5-3-17(4-6-18)20(22)28/h3-6,9,12,15-16H,7-8,10-11,13-14H2,1-2H3,(H2,22,28)(H,24,27). The summed E-state index contributed by atoms with van der Waals surface area (Å²) in [5, 5.41) is 2.88. The molecule has 0 saturated carbocycles. The third kappa shape index (κ3) is 5.19. The number of likely N-dealkylation sites (tertiary alicyclic amines) is 1. The molecule has 0 bridgehead atoms. The van der Waals surface area contributed by atoms with Crippen LogP contribution in [0.2, 0.25) is 0 Å². The van der Waals surface area contributed by atoms with Crippen LogP contribution in [0.25, 0.3) is 0 Å². The number of hydrogen-bond donors (Lipinski definition) is 2. The van der Waals surface area contributed by atoms with Crippen molar-refractivity contribution in [1.82, 2.24) is 14.5 Å². The van der Waals surface area contributed by atoms with E-state index in [1.807, 2.05) is 6.20 Å². The van der Waals surface area contributed by atoms with Crippen molar-refractivity contribution < 1.29 is 9.59 Å². The van der Waals surface area contributed by atoms with Crippen LogP contribution >= 0.6 is 0 Å². The number of amides is 2. The van der Waals surface area contributed by atoms with Crippen molar-refractivity contribution in [1.29, 1.82) is 0 Å². The Kier molecular flexibility index (Phi) is 6.46. The number of piperidine rings is 1. The fourth-order valence-electron chi connectivity index (χ4n) is 3.70. The molecule has 28 heavy (non-hydrogen) atoms. The summed E-state index contributed by atoms with van der Waals surface area (Å²) in [5.41, 5.74) is 6.33. The quantitative estimate of drug-likeness (QED) is 0.768. The highest BCUT2D eigenvalue weighted by Crippen LogP contribution is 2.21. The fraction of sp³-hybridized carbons (Fsp3) is 0.476. The summed E-state index contributed by atoms with van der Waals surface area (Å²) in [6.07, 6.45) is 6.11. The summed E-state index contributed by atoms with van der Waals surface area (Å²) in [6.45, 7) is 7.56. The van der Waals surface area contributed by atoms with E-state index in [1.165, 1.54) is 0 Å². The van der Waals surface area contributed by atoms with Crippen molar-refractivity contribution >= 4 is 17.5 Å². The zero-order chi connectivity index (χ0) is 20.1. The molecule has 0 aliphatic carbocycles. The Labute approximate surface area is 165 Å². The largest absolute Gasteiger partial charge is 0.366 e. The van der Waals surface area contributed by atoms with Gasteiger partial charge in [0.2, 0.25) is 11.8 Å². The number of nitrogens with two attached hydrogens (primary N) is 1. The van der Waals surface area contributed by atoms with Gasteiger partial charge in [0.25, 0.3) is 0 Å². The van der Waals surface area contributed by atoms with Crippen molar-refractivity contribution in [3.63, 3.8) is 0 Å².